The van der Waals surface area contributed by atoms with Crippen molar-refractivity contribution in [2.45, 2.75) is 51.5 Å². The Bertz CT molecular complexity index is 456. The number of rotatable bonds is 7. The zero-order valence-electron chi connectivity index (χ0n) is 15.3. The van der Waals surface area contributed by atoms with Crippen LogP contribution in [-0.2, 0) is 0 Å². The molecule has 1 unspecified atom stereocenters. The van der Waals surface area contributed by atoms with Crippen molar-refractivity contribution in [1.82, 2.24) is 15.5 Å². The summed E-state index contributed by atoms with van der Waals surface area (Å²) in [7, 11) is 1.86. The Morgan fingerprint density at radius 1 is 1.42 bits per heavy atom. The quantitative estimate of drug-likeness (QED) is 0.365. The number of guanidine groups is 1. The summed E-state index contributed by atoms with van der Waals surface area (Å²) in [6, 6.07) is 2.76. The monoisotopic (exact) mass is 464 g/mol. The molecule has 0 aromatic carbocycles. The molecule has 6 heteroatoms. The summed E-state index contributed by atoms with van der Waals surface area (Å²) in [5.74, 6) is 1.45. The van der Waals surface area contributed by atoms with Crippen LogP contribution >= 0.6 is 35.3 Å². The van der Waals surface area contributed by atoms with Crippen LogP contribution in [0.5, 0.6) is 0 Å². The standard InChI is InChI=1S/C18H32N4S.HI/c1-4-5-9-22-10-6-17(7-11-22)21-18(19-3)20-13-15(2)16-8-12-23-14-16;/h8,12,14-15,17H,4-7,9-11,13H2,1-3H3,(H2,19,20,21);1H. The van der Waals surface area contributed by atoms with Gasteiger partial charge in [0.05, 0.1) is 0 Å². The van der Waals surface area contributed by atoms with E-state index in [0.29, 0.717) is 12.0 Å². The molecule has 1 aliphatic heterocycles. The second kappa shape index (κ2) is 12.1. The van der Waals surface area contributed by atoms with Crippen LogP contribution in [0.2, 0.25) is 0 Å². The Morgan fingerprint density at radius 2 is 2.17 bits per heavy atom. The van der Waals surface area contributed by atoms with Gasteiger partial charge in [0.25, 0.3) is 0 Å². The topological polar surface area (TPSA) is 39.7 Å². The van der Waals surface area contributed by atoms with Crippen molar-refractivity contribution in [2.24, 2.45) is 4.99 Å². The number of hydrogen-bond donors (Lipinski definition) is 2. The van der Waals surface area contributed by atoms with Gasteiger partial charge in [-0.15, -0.1) is 24.0 Å². The molecule has 0 spiro atoms. The van der Waals surface area contributed by atoms with Crippen LogP contribution in [0.25, 0.3) is 0 Å². The summed E-state index contributed by atoms with van der Waals surface area (Å²) in [5.41, 5.74) is 1.40. The Labute approximate surface area is 168 Å². The second-order valence-corrected chi connectivity index (χ2v) is 7.30. The minimum absolute atomic E-state index is 0. The average molecular weight is 464 g/mol. The molecule has 0 radical (unpaired) electrons. The number of likely N-dealkylation sites (tertiary alicyclic amines) is 1. The number of nitrogens with zero attached hydrogens (tertiary/aromatic N) is 2. The molecule has 4 nitrogen and oxygen atoms in total. The molecule has 138 valence electrons. The Hall–Kier alpha value is -0.340. The van der Waals surface area contributed by atoms with Crippen molar-refractivity contribution in [3.63, 3.8) is 0 Å². The fourth-order valence-corrected chi connectivity index (χ4v) is 3.78. The highest BCUT2D eigenvalue weighted by Gasteiger charge is 2.19. The zero-order chi connectivity index (χ0) is 16.5. The van der Waals surface area contributed by atoms with Gasteiger partial charge in [0.15, 0.2) is 5.96 Å². The molecule has 2 rings (SSSR count). The van der Waals surface area contributed by atoms with Crippen LogP contribution in [0.15, 0.2) is 21.8 Å². The van der Waals surface area contributed by atoms with Gasteiger partial charge < -0.3 is 15.5 Å². The van der Waals surface area contributed by atoms with Gasteiger partial charge in [-0.05, 0) is 54.1 Å². The summed E-state index contributed by atoms with van der Waals surface area (Å²) < 4.78 is 0. The molecule has 2 heterocycles. The van der Waals surface area contributed by atoms with E-state index in [2.05, 4.69) is 51.2 Å². The van der Waals surface area contributed by atoms with Gasteiger partial charge in [-0.3, -0.25) is 4.99 Å². The Morgan fingerprint density at radius 3 is 2.75 bits per heavy atom. The highest BCUT2D eigenvalue weighted by Crippen LogP contribution is 2.17. The molecule has 24 heavy (non-hydrogen) atoms. The third-order valence-corrected chi connectivity index (χ3v) is 5.37. The van der Waals surface area contributed by atoms with Crippen LogP contribution in [0.4, 0.5) is 0 Å². The lowest BCUT2D eigenvalue weighted by Gasteiger charge is -2.33. The lowest BCUT2D eigenvalue weighted by atomic mass is 10.0. The molecule has 2 N–H and O–H groups in total. The zero-order valence-corrected chi connectivity index (χ0v) is 18.4. The first kappa shape index (κ1) is 21.7. The lowest BCUT2D eigenvalue weighted by Crippen LogP contribution is -2.49. The van der Waals surface area contributed by atoms with E-state index in [1.54, 1.807) is 11.3 Å². The van der Waals surface area contributed by atoms with E-state index in [1.165, 1.54) is 50.9 Å². The van der Waals surface area contributed by atoms with Gasteiger partial charge in [0.1, 0.15) is 0 Å². The number of halogens is 1. The van der Waals surface area contributed by atoms with Gasteiger partial charge in [-0.1, -0.05) is 20.3 Å². The molecule has 0 bridgehead atoms. The lowest BCUT2D eigenvalue weighted by molar-refractivity contribution is 0.203. The number of unbranched alkanes of at least 4 members (excludes halogenated alkanes) is 1. The van der Waals surface area contributed by atoms with Gasteiger partial charge in [0, 0.05) is 32.7 Å². The first-order valence-corrected chi connectivity index (χ1v) is 9.88. The third-order valence-electron chi connectivity index (χ3n) is 4.67. The van der Waals surface area contributed by atoms with Gasteiger partial charge >= 0.3 is 0 Å². The van der Waals surface area contributed by atoms with E-state index in [9.17, 15) is 0 Å². The van der Waals surface area contributed by atoms with E-state index in [-0.39, 0.29) is 24.0 Å². The van der Waals surface area contributed by atoms with Crippen molar-refractivity contribution >= 4 is 41.3 Å². The molecule has 1 aliphatic rings. The molecule has 1 aromatic heterocycles. The molecular weight excluding hydrogens is 431 g/mol. The minimum atomic E-state index is 0. The molecule has 1 saturated heterocycles. The van der Waals surface area contributed by atoms with Crippen LogP contribution in [0, 0.1) is 0 Å². The predicted molar refractivity (Wildman–Crippen MR) is 117 cm³/mol. The molecular formula is C18H33IN4S. The number of thiophene rings is 1. The third kappa shape index (κ3) is 7.27. The fourth-order valence-electron chi connectivity index (χ4n) is 2.99. The maximum atomic E-state index is 4.39. The van der Waals surface area contributed by atoms with Crippen molar-refractivity contribution in [3.8, 4) is 0 Å². The number of hydrogen-bond acceptors (Lipinski definition) is 3. The van der Waals surface area contributed by atoms with Crippen LogP contribution < -0.4 is 10.6 Å². The average Bonchev–Trinajstić information content (AvgIpc) is 3.12. The summed E-state index contributed by atoms with van der Waals surface area (Å²) in [5, 5.41) is 11.5. The molecule has 1 aromatic rings. The molecule has 0 aliphatic carbocycles. The maximum Gasteiger partial charge on any atom is 0.191 e. The minimum Gasteiger partial charge on any atom is -0.356 e. The van der Waals surface area contributed by atoms with Crippen molar-refractivity contribution in [1.29, 1.82) is 0 Å². The summed E-state index contributed by atoms with van der Waals surface area (Å²) in [6.45, 7) is 9.12. The highest BCUT2D eigenvalue weighted by molar-refractivity contribution is 14.0. The van der Waals surface area contributed by atoms with Gasteiger partial charge in [-0.25, -0.2) is 0 Å². The molecule has 1 fully saturated rings. The number of nitrogens with one attached hydrogen (secondary N) is 2. The number of piperidine rings is 1. The smallest absolute Gasteiger partial charge is 0.191 e. The first-order chi connectivity index (χ1) is 11.2. The van der Waals surface area contributed by atoms with Crippen LogP contribution in [0.3, 0.4) is 0 Å². The second-order valence-electron chi connectivity index (χ2n) is 6.52. The van der Waals surface area contributed by atoms with E-state index in [4.69, 9.17) is 0 Å². The molecule has 1 atom stereocenters. The van der Waals surface area contributed by atoms with Crippen molar-refractivity contribution < 1.29 is 0 Å². The van der Waals surface area contributed by atoms with Gasteiger partial charge in [-0.2, -0.15) is 11.3 Å². The van der Waals surface area contributed by atoms with E-state index in [0.717, 1.165) is 12.5 Å². The largest absolute Gasteiger partial charge is 0.356 e. The Kier molecular flexibility index (Phi) is 10.9. The fraction of sp³-hybridized carbons (Fsp3) is 0.722. The van der Waals surface area contributed by atoms with Crippen molar-refractivity contribution in [3.05, 3.63) is 22.4 Å². The summed E-state index contributed by atoms with van der Waals surface area (Å²) in [6.07, 6.45) is 5.04. The molecule has 0 saturated carbocycles. The normalized spacial score (nSPS) is 18.0. The number of aliphatic imine (C=N–C) groups is 1. The first-order valence-electron chi connectivity index (χ1n) is 8.94. The summed E-state index contributed by atoms with van der Waals surface area (Å²) in [4.78, 5) is 6.98. The van der Waals surface area contributed by atoms with E-state index < -0.39 is 0 Å². The van der Waals surface area contributed by atoms with Crippen LogP contribution in [-0.4, -0.2) is 50.1 Å². The van der Waals surface area contributed by atoms with Crippen LogP contribution in [0.1, 0.15) is 51.0 Å². The van der Waals surface area contributed by atoms with Crippen molar-refractivity contribution in [2.75, 3.05) is 33.2 Å². The molecule has 0 amide bonds. The Balaban J connectivity index is 0.00000288. The van der Waals surface area contributed by atoms with E-state index in [1.807, 2.05) is 7.05 Å². The summed E-state index contributed by atoms with van der Waals surface area (Å²) >= 11 is 1.76. The maximum absolute atomic E-state index is 4.39. The van der Waals surface area contributed by atoms with E-state index >= 15 is 0 Å². The highest BCUT2D eigenvalue weighted by atomic mass is 127. The van der Waals surface area contributed by atoms with Gasteiger partial charge in [0.2, 0.25) is 0 Å². The SMILES string of the molecule is CCCCN1CCC(NC(=NC)NCC(C)c2ccsc2)CC1.I. The predicted octanol–water partition coefficient (Wildman–Crippen LogP) is 3.90.